The van der Waals surface area contributed by atoms with Crippen LogP contribution in [0.1, 0.15) is 20.8 Å². The highest BCUT2D eigenvalue weighted by molar-refractivity contribution is 7.13. The second-order valence-corrected chi connectivity index (χ2v) is 6.02. The van der Waals surface area contributed by atoms with Crippen molar-refractivity contribution in [2.24, 2.45) is 0 Å². The number of nitrogens with one attached hydrogen (secondary N) is 2. The highest BCUT2D eigenvalue weighted by atomic mass is 32.1. The Morgan fingerprint density at radius 1 is 1.08 bits per heavy atom. The van der Waals surface area contributed by atoms with E-state index in [9.17, 15) is 18.4 Å². The molecule has 1 aromatic carbocycles. The number of halogens is 2. The summed E-state index contributed by atoms with van der Waals surface area (Å²) in [5, 5.41) is 2.25. The van der Waals surface area contributed by atoms with Gasteiger partial charge in [-0.1, -0.05) is 0 Å². The van der Waals surface area contributed by atoms with E-state index in [1.165, 1.54) is 11.3 Å². The van der Waals surface area contributed by atoms with Crippen LogP contribution in [0, 0.1) is 11.6 Å². The van der Waals surface area contributed by atoms with Crippen LogP contribution in [0.4, 0.5) is 13.9 Å². The van der Waals surface area contributed by atoms with Gasteiger partial charge in [0.2, 0.25) is 0 Å². The summed E-state index contributed by atoms with van der Waals surface area (Å²) in [6, 6.07) is 2.38. The van der Waals surface area contributed by atoms with E-state index in [0.717, 1.165) is 12.1 Å². The molecule has 0 bridgehead atoms. The van der Waals surface area contributed by atoms with Crippen LogP contribution in [-0.2, 0) is 4.74 Å². The van der Waals surface area contributed by atoms with Crippen molar-refractivity contribution in [3.8, 4) is 0 Å². The molecule has 0 radical (unpaired) electrons. The van der Waals surface area contributed by atoms with Gasteiger partial charge in [-0.2, -0.15) is 0 Å². The van der Waals surface area contributed by atoms with Crippen LogP contribution in [0.2, 0.25) is 0 Å². The van der Waals surface area contributed by atoms with Crippen LogP contribution in [-0.4, -0.2) is 43.1 Å². The van der Waals surface area contributed by atoms with Crippen molar-refractivity contribution in [1.82, 2.24) is 15.8 Å². The van der Waals surface area contributed by atoms with Gasteiger partial charge in [-0.25, -0.2) is 13.8 Å². The number of aromatic nitrogens is 1. The van der Waals surface area contributed by atoms with Crippen molar-refractivity contribution in [3.05, 3.63) is 46.5 Å². The molecule has 7 nitrogen and oxygen atoms in total. The lowest BCUT2D eigenvalue weighted by molar-refractivity contribution is 0.0844. The Bertz CT molecular complexity index is 773. The SMILES string of the molecule is O=C(NNC(=O)c1csc(N2CCOCC2)n1)c1cc(F)cc(F)c1. The highest BCUT2D eigenvalue weighted by Gasteiger charge is 2.18. The summed E-state index contributed by atoms with van der Waals surface area (Å²) in [6.45, 7) is 2.58. The molecule has 1 saturated heterocycles. The number of hydrogen-bond acceptors (Lipinski definition) is 6. The van der Waals surface area contributed by atoms with Crippen LogP contribution >= 0.6 is 11.3 Å². The summed E-state index contributed by atoms with van der Waals surface area (Å²) in [5.41, 5.74) is 4.16. The van der Waals surface area contributed by atoms with Crippen molar-refractivity contribution in [1.29, 1.82) is 0 Å². The molecule has 1 aliphatic rings. The molecule has 0 saturated carbocycles. The molecule has 10 heteroatoms. The van der Waals surface area contributed by atoms with Crippen LogP contribution < -0.4 is 15.8 Å². The minimum atomic E-state index is -0.883. The molecule has 2 aromatic rings. The molecule has 2 N–H and O–H groups in total. The summed E-state index contributed by atoms with van der Waals surface area (Å²) < 4.78 is 31.5. The van der Waals surface area contributed by atoms with Gasteiger partial charge < -0.3 is 9.64 Å². The zero-order chi connectivity index (χ0) is 17.8. The molecule has 1 aliphatic heterocycles. The quantitative estimate of drug-likeness (QED) is 0.799. The van der Waals surface area contributed by atoms with Crippen LogP contribution in [0.5, 0.6) is 0 Å². The van der Waals surface area contributed by atoms with Gasteiger partial charge in [-0.15, -0.1) is 11.3 Å². The number of rotatable bonds is 3. The van der Waals surface area contributed by atoms with Gasteiger partial charge in [0.05, 0.1) is 13.2 Å². The topological polar surface area (TPSA) is 83.6 Å². The van der Waals surface area contributed by atoms with Crippen LogP contribution in [0.15, 0.2) is 23.6 Å². The predicted octanol–water partition coefficient (Wildman–Crippen LogP) is 1.33. The summed E-state index contributed by atoms with van der Waals surface area (Å²) in [6.07, 6.45) is 0. The van der Waals surface area contributed by atoms with Crippen LogP contribution in [0.25, 0.3) is 0 Å². The Labute approximate surface area is 145 Å². The standard InChI is InChI=1S/C15H14F2N4O3S/c16-10-5-9(6-11(17)7-10)13(22)19-20-14(23)12-8-25-15(18-12)21-1-3-24-4-2-21/h5-8H,1-4H2,(H,19,22)(H,20,23). The molecule has 1 aromatic heterocycles. The van der Waals surface area contributed by atoms with E-state index in [-0.39, 0.29) is 11.3 Å². The second-order valence-electron chi connectivity index (χ2n) is 5.18. The largest absolute Gasteiger partial charge is 0.378 e. The number of carbonyl (C=O) groups is 2. The van der Waals surface area contributed by atoms with Crippen molar-refractivity contribution in [2.45, 2.75) is 0 Å². The molecular weight excluding hydrogens is 354 g/mol. The lowest BCUT2D eigenvalue weighted by Gasteiger charge is -2.25. The maximum atomic E-state index is 13.1. The fraction of sp³-hybridized carbons (Fsp3) is 0.267. The summed E-state index contributed by atoms with van der Waals surface area (Å²) in [4.78, 5) is 30.1. The molecule has 132 valence electrons. The summed E-state index contributed by atoms with van der Waals surface area (Å²) in [7, 11) is 0. The zero-order valence-electron chi connectivity index (χ0n) is 12.9. The Morgan fingerprint density at radius 3 is 2.40 bits per heavy atom. The van der Waals surface area contributed by atoms with E-state index in [2.05, 4.69) is 15.8 Å². The molecule has 0 atom stereocenters. The number of amides is 2. The zero-order valence-corrected chi connectivity index (χ0v) is 13.7. The number of carbonyl (C=O) groups excluding carboxylic acids is 2. The molecule has 1 fully saturated rings. The number of benzene rings is 1. The van der Waals surface area contributed by atoms with Gasteiger partial charge >= 0.3 is 0 Å². The minimum absolute atomic E-state index is 0.136. The first-order chi connectivity index (χ1) is 12.0. The lowest BCUT2D eigenvalue weighted by Crippen LogP contribution is -2.42. The minimum Gasteiger partial charge on any atom is -0.378 e. The molecule has 2 amide bonds. The lowest BCUT2D eigenvalue weighted by atomic mass is 10.2. The van der Waals surface area contributed by atoms with E-state index in [0.29, 0.717) is 37.5 Å². The van der Waals surface area contributed by atoms with Crippen molar-refractivity contribution in [3.63, 3.8) is 0 Å². The van der Waals surface area contributed by atoms with E-state index < -0.39 is 23.4 Å². The van der Waals surface area contributed by atoms with Gasteiger partial charge in [-0.05, 0) is 12.1 Å². The number of hydrogen-bond donors (Lipinski definition) is 2. The third kappa shape index (κ3) is 4.28. The second kappa shape index (κ2) is 7.53. The number of ether oxygens (including phenoxy) is 1. The van der Waals surface area contributed by atoms with Crippen LogP contribution in [0.3, 0.4) is 0 Å². The van der Waals surface area contributed by atoms with Crippen molar-refractivity contribution in [2.75, 3.05) is 31.2 Å². The normalized spacial score (nSPS) is 14.2. The predicted molar refractivity (Wildman–Crippen MR) is 86.4 cm³/mol. The highest BCUT2D eigenvalue weighted by Crippen LogP contribution is 2.21. The summed E-state index contributed by atoms with van der Waals surface area (Å²) >= 11 is 1.31. The average molecular weight is 368 g/mol. The fourth-order valence-corrected chi connectivity index (χ4v) is 3.06. The Hall–Kier alpha value is -2.59. The fourth-order valence-electron chi connectivity index (χ4n) is 2.20. The number of nitrogens with zero attached hydrogens (tertiary/aromatic N) is 2. The van der Waals surface area contributed by atoms with E-state index in [4.69, 9.17) is 4.74 Å². The van der Waals surface area contributed by atoms with Gasteiger partial charge in [0, 0.05) is 30.1 Å². The van der Waals surface area contributed by atoms with E-state index in [1.807, 2.05) is 4.90 Å². The first-order valence-electron chi connectivity index (χ1n) is 7.38. The molecule has 2 heterocycles. The third-order valence-corrected chi connectivity index (χ3v) is 4.32. The number of anilines is 1. The average Bonchev–Trinajstić information content (AvgIpc) is 3.09. The maximum Gasteiger partial charge on any atom is 0.289 e. The Morgan fingerprint density at radius 2 is 1.72 bits per heavy atom. The Balaban J connectivity index is 1.59. The number of thiazole rings is 1. The van der Waals surface area contributed by atoms with E-state index in [1.54, 1.807) is 5.38 Å². The summed E-state index contributed by atoms with van der Waals surface area (Å²) in [5.74, 6) is -3.23. The molecule has 3 rings (SSSR count). The maximum absolute atomic E-state index is 13.1. The van der Waals surface area contributed by atoms with Gasteiger partial charge in [0.1, 0.15) is 17.3 Å². The van der Waals surface area contributed by atoms with Gasteiger partial charge in [-0.3, -0.25) is 20.4 Å². The molecule has 0 unspecified atom stereocenters. The molecule has 25 heavy (non-hydrogen) atoms. The van der Waals surface area contributed by atoms with Crippen molar-refractivity contribution >= 4 is 28.3 Å². The molecule has 0 spiro atoms. The number of hydrazine groups is 1. The van der Waals surface area contributed by atoms with Crippen molar-refractivity contribution < 1.29 is 23.1 Å². The first kappa shape index (κ1) is 17.2. The monoisotopic (exact) mass is 368 g/mol. The number of morpholine rings is 1. The Kier molecular flexibility index (Phi) is 5.19. The smallest absolute Gasteiger partial charge is 0.289 e. The molecule has 0 aliphatic carbocycles. The van der Waals surface area contributed by atoms with Gasteiger partial charge in [0.15, 0.2) is 5.13 Å². The van der Waals surface area contributed by atoms with Gasteiger partial charge in [0.25, 0.3) is 11.8 Å². The molecular formula is C15H14F2N4O3S. The third-order valence-electron chi connectivity index (χ3n) is 3.42. The first-order valence-corrected chi connectivity index (χ1v) is 8.26. The van der Waals surface area contributed by atoms with E-state index >= 15 is 0 Å².